The summed E-state index contributed by atoms with van der Waals surface area (Å²) in [5.41, 5.74) is 3.19. The second-order valence-electron chi connectivity index (χ2n) is 6.41. The van der Waals surface area contributed by atoms with Gasteiger partial charge in [-0.25, -0.2) is 0 Å². The normalized spacial score (nSPS) is 13.0. The van der Waals surface area contributed by atoms with Crippen molar-refractivity contribution in [2.75, 3.05) is 25.2 Å². The number of nitro benzene ring substituents is 1. The van der Waals surface area contributed by atoms with Crippen molar-refractivity contribution in [2.24, 2.45) is 0 Å². The minimum absolute atomic E-state index is 0.00538. The fourth-order valence-corrected chi connectivity index (χ4v) is 3.32. The zero-order valence-electron chi connectivity index (χ0n) is 15.4. The number of rotatable bonds is 6. The van der Waals surface area contributed by atoms with Crippen molar-refractivity contribution in [3.05, 3.63) is 57.6 Å². The summed E-state index contributed by atoms with van der Waals surface area (Å²) in [6.07, 6.45) is 2.06. The molecule has 0 atom stereocenters. The smallest absolute Gasteiger partial charge is 0.269 e. The van der Waals surface area contributed by atoms with E-state index in [1.165, 1.54) is 24.3 Å². The van der Waals surface area contributed by atoms with E-state index >= 15 is 0 Å². The molecule has 0 radical (unpaired) electrons. The number of carbonyl (C=O) groups is 1. The lowest BCUT2D eigenvalue weighted by molar-refractivity contribution is -0.384. The molecule has 0 fully saturated rings. The Morgan fingerprint density at radius 1 is 1.22 bits per heavy atom. The molecular weight excluding hydrogens is 348 g/mol. The summed E-state index contributed by atoms with van der Waals surface area (Å²) in [6, 6.07) is 9.74. The topological polar surface area (TPSA) is 81.9 Å². The molecule has 142 valence electrons. The molecule has 1 aliphatic heterocycles. The zero-order chi connectivity index (χ0) is 19.4. The van der Waals surface area contributed by atoms with E-state index in [2.05, 4.69) is 0 Å². The molecule has 2 aromatic carbocycles. The predicted molar refractivity (Wildman–Crippen MR) is 102 cm³/mol. The van der Waals surface area contributed by atoms with Crippen LogP contribution in [0.5, 0.6) is 11.5 Å². The molecule has 0 saturated carbocycles. The number of carbonyl (C=O) groups excluding carboxylic acids is 1. The maximum atomic E-state index is 12.8. The summed E-state index contributed by atoms with van der Waals surface area (Å²) >= 11 is 0. The highest BCUT2D eigenvalue weighted by Crippen LogP contribution is 2.38. The van der Waals surface area contributed by atoms with Crippen LogP contribution in [-0.4, -0.2) is 31.1 Å². The van der Waals surface area contributed by atoms with Crippen LogP contribution in [0.4, 0.5) is 11.4 Å². The maximum Gasteiger partial charge on any atom is 0.269 e. The number of anilines is 1. The second-order valence-corrected chi connectivity index (χ2v) is 6.41. The average molecular weight is 370 g/mol. The first-order chi connectivity index (χ1) is 13.0. The van der Waals surface area contributed by atoms with Gasteiger partial charge in [0.25, 0.3) is 5.69 Å². The van der Waals surface area contributed by atoms with Crippen molar-refractivity contribution in [3.8, 4) is 11.5 Å². The van der Waals surface area contributed by atoms with Crippen molar-refractivity contribution >= 4 is 17.3 Å². The summed E-state index contributed by atoms with van der Waals surface area (Å²) in [6.45, 7) is 2.91. The SMILES string of the molecule is COc1ccc(C)c2c1N(C(=O)CCOc1ccc([N+](=O)[O-])cc1)CCC2. The summed E-state index contributed by atoms with van der Waals surface area (Å²) in [5.74, 6) is 1.18. The molecule has 0 unspecified atom stereocenters. The Balaban J connectivity index is 1.66. The Morgan fingerprint density at radius 3 is 2.63 bits per heavy atom. The first kappa shape index (κ1) is 18.7. The fraction of sp³-hybridized carbons (Fsp3) is 0.350. The van der Waals surface area contributed by atoms with Crippen molar-refractivity contribution < 1.29 is 19.2 Å². The summed E-state index contributed by atoms with van der Waals surface area (Å²) < 4.78 is 11.0. The van der Waals surface area contributed by atoms with E-state index in [1.54, 1.807) is 12.0 Å². The number of methoxy groups -OCH3 is 1. The van der Waals surface area contributed by atoms with Gasteiger partial charge in [0.1, 0.15) is 11.5 Å². The first-order valence-corrected chi connectivity index (χ1v) is 8.85. The molecule has 0 saturated heterocycles. The largest absolute Gasteiger partial charge is 0.495 e. The van der Waals surface area contributed by atoms with Gasteiger partial charge in [-0.15, -0.1) is 0 Å². The molecular formula is C20H22N2O5. The van der Waals surface area contributed by atoms with Gasteiger partial charge in [-0.1, -0.05) is 6.07 Å². The lowest BCUT2D eigenvalue weighted by Gasteiger charge is -2.32. The van der Waals surface area contributed by atoms with E-state index < -0.39 is 4.92 Å². The zero-order valence-corrected chi connectivity index (χ0v) is 15.4. The number of fused-ring (bicyclic) bond motifs is 1. The van der Waals surface area contributed by atoms with Gasteiger partial charge in [-0.05, 0) is 49.1 Å². The van der Waals surface area contributed by atoms with Gasteiger partial charge in [-0.3, -0.25) is 14.9 Å². The Morgan fingerprint density at radius 2 is 1.96 bits per heavy atom. The quantitative estimate of drug-likeness (QED) is 0.572. The van der Waals surface area contributed by atoms with Gasteiger partial charge in [-0.2, -0.15) is 0 Å². The van der Waals surface area contributed by atoms with Crippen molar-refractivity contribution in [1.82, 2.24) is 0 Å². The third-order valence-corrected chi connectivity index (χ3v) is 4.71. The van der Waals surface area contributed by atoms with Crippen LogP contribution in [0.1, 0.15) is 24.0 Å². The third-order valence-electron chi connectivity index (χ3n) is 4.71. The first-order valence-electron chi connectivity index (χ1n) is 8.85. The number of aryl methyl sites for hydroxylation is 1. The Bertz CT molecular complexity index is 848. The number of amides is 1. The second kappa shape index (κ2) is 8.07. The van der Waals surface area contributed by atoms with E-state index in [9.17, 15) is 14.9 Å². The lowest BCUT2D eigenvalue weighted by Crippen LogP contribution is -2.36. The van der Waals surface area contributed by atoms with E-state index in [0.717, 1.165) is 29.7 Å². The standard InChI is InChI=1S/C20H22N2O5/c1-14-5-10-18(26-2)20-17(14)4-3-12-21(20)19(23)11-13-27-16-8-6-15(7-9-16)22(24)25/h5-10H,3-4,11-13H2,1-2H3. The number of hydrogen-bond acceptors (Lipinski definition) is 5. The third kappa shape index (κ3) is 4.02. The van der Waals surface area contributed by atoms with E-state index in [4.69, 9.17) is 9.47 Å². The lowest BCUT2D eigenvalue weighted by atomic mass is 9.96. The highest BCUT2D eigenvalue weighted by Gasteiger charge is 2.27. The number of non-ortho nitro benzene ring substituents is 1. The van der Waals surface area contributed by atoms with Crippen LogP contribution < -0.4 is 14.4 Å². The highest BCUT2D eigenvalue weighted by atomic mass is 16.6. The Kier molecular flexibility index (Phi) is 5.59. The molecule has 0 aromatic heterocycles. The molecule has 2 aromatic rings. The molecule has 0 spiro atoms. The molecule has 0 bridgehead atoms. The van der Waals surface area contributed by atoms with Crippen LogP contribution in [-0.2, 0) is 11.2 Å². The summed E-state index contributed by atoms with van der Waals surface area (Å²) in [5, 5.41) is 10.7. The Hall–Kier alpha value is -3.09. The van der Waals surface area contributed by atoms with Gasteiger partial charge in [0, 0.05) is 18.7 Å². The van der Waals surface area contributed by atoms with Crippen LogP contribution in [0.25, 0.3) is 0 Å². The number of benzene rings is 2. The molecule has 1 heterocycles. The van der Waals surface area contributed by atoms with Crippen LogP contribution >= 0.6 is 0 Å². The molecule has 0 N–H and O–H groups in total. The van der Waals surface area contributed by atoms with Gasteiger partial charge in [0.2, 0.25) is 5.91 Å². The van der Waals surface area contributed by atoms with Crippen LogP contribution in [0.2, 0.25) is 0 Å². The van der Waals surface area contributed by atoms with Crippen molar-refractivity contribution in [3.63, 3.8) is 0 Å². The average Bonchev–Trinajstić information content (AvgIpc) is 2.68. The summed E-state index contributed by atoms with van der Waals surface area (Å²) in [4.78, 5) is 24.8. The number of nitro groups is 1. The van der Waals surface area contributed by atoms with Gasteiger partial charge in [0.15, 0.2) is 0 Å². The highest BCUT2D eigenvalue weighted by molar-refractivity contribution is 5.96. The van der Waals surface area contributed by atoms with E-state index in [-0.39, 0.29) is 24.6 Å². The molecule has 1 aliphatic rings. The molecule has 27 heavy (non-hydrogen) atoms. The van der Waals surface area contributed by atoms with Crippen LogP contribution in [0.3, 0.4) is 0 Å². The monoisotopic (exact) mass is 370 g/mol. The number of nitrogens with zero attached hydrogens (tertiary/aromatic N) is 2. The Labute approximate surface area is 157 Å². The molecule has 1 amide bonds. The molecule has 3 rings (SSSR count). The minimum atomic E-state index is -0.462. The minimum Gasteiger partial charge on any atom is -0.495 e. The number of hydrogen-bond donors (Lipinski definition) is 0. The molecule has 7 heteroatoms. The van der Waals surface area contributed by atoms with E-state index in [1.807, 2.05) is 19.1 Å². The van der Waals surface area contributed by atoms with Crippen molar-refractivity contribution in [1.29, 1.82) is 0 Å². The molecule has 0 aliphatic carbocycles. The molecule has 7 nitrogen and oxygen atoms in total. The van der Waals surface area contributed by atoms with Gasteiger partial charge < -0.3 is 14.4 Å². The van der Waals surface area contributed by atoms with Crippen LogP contribution in [0.15, 0.2) is 36.4 Å². The van der Waals surface area contributed by atoms with Crippen LogP contribution in [0, 0.1) is 17.0 Å². The predicted octanol–water partition coefficient (Wildman–Crippen LogP) is 3.66. The van der Waals surface area contributed by atoms with Gasteiger partial charge >= 0.3 is 0 Å². The summed E-state index contributed by atoms with van der Waals surface area (Å²) in [7, 11) is 1.61. The number of ether oxygens (including phenoxy) is 2. The van der Waals surface area contributed by atoms with Crippen molar-refractivity contribution in [2.45, 2.75) is 26.2 Å². The fourth-order valence-electron chi connectivity index (χ4n) is 3.32. The maximum absolute atomic E-state index is 12.8. The van der Waals surface area contributed by atoms with Gasteiger partial charge in [0.05, 0.1) is 30.7 Å². The van der Waals surface area contributed by atoms with E-state index in [0.29, 0.717) is 18.0 Å².